The number of Topliss-reactive ketones (excluding diaryl/α,β-unsaturated/α-hetero) is 1. The first kappa shape index (κ1) is 10.1. The van der Waals surface area contributed by atoms with Gasteiger partial charge in [-0.05, 0) is 0 Å². The van der Waals surface area contributed by atoms with Crippen LogP contribution in [0, 0.1) is 5.92 Å². The maximum absolute atomic E-state index is 10.8. The highest BCUT2D eigenvalue weighted by Crippen LogP contribution is 2.02. The molecule has 0 aliphatic rings. The van der Waals surface area contributed by atoms with E-state index in [2.05, 4.69) is 0 Å². The molecule has 2 N–H and O–H groups in total. The SMILES string of the molecule is CC(C)C(=O)C[C@@H](O)C(=O)O. The van der Waals surface area contributed by atoms with Crippen LogP contribution in [0.25, 0.3) is 0 Å². The van der Waals surface area contributed by atoms with E-state index < -0.39 is 12.1 Å². The van der Waals surface area contributed by atoms with Crippen molar-refractivity contribution in [2.45, 2.75) is 26.4 Å². The van der Waals surface area contributed by atoms with Gasteiger partial charge in [-0.3, -0.25) is 4.79 Å². The van der Waals surface area contributed by atoms with Crippen LogP contribution < -0.4 is 0 Å². The van der Waals surface area contributed by atoms with Gasteiger partial charge in [-0.25, -0.2) is 4.79 Å². The third-order valence-corrected chi connectivity index (χ3v) is 1.32. The second kappa shape index (κ2) is 4.08. The third-order valence-electron chi connectivity index (χ3n) is 1.32. The highest BCUT2D eigenvalue weighted by Gasteiger charge is 2.19. The molecule has 0 rings (SSSR count). The maximum Gasteiger partial charge on any atom is 0.332 e. The molecule has 0 saturated carbocycles. The van der Waals surface area contributed by atoms with Crippen LogP contribution in [-0.4, -0.2) is 28.1 Å². The number of aliphatic hydroxyl groups excluding tert-OH is 1. The molecule has 0 aliphatic heterocycles. The normalized spacial score (nSPS) is 13.1. The Balaban J connectivity index is 3.85. The number of aliphatic hydroxyl groups is 1. The topological polar surface area (TPSA) is 74.6 Å². The summed E-state index contributed by atoms with van der Waals surface area (Å²) in [6, 6.07) is 0. The van der Waals surface area contributed by atoms with Gasteiger partial charge in [-0.1, -0.05) is 13.8 Å². The molecule has 0 aromatic carbocycles. The molecular formula is C7H12O4. The molecule has 11 heavy (non-hydrogen) atoms. The highest BCUT2D eigenvalue weighted by atomic mass is 16.4. The summed E-state index contributed by atoms with van der Waals surface area (Å²) in [5.41, 5.74) is 0. The molecule has 0 aromatic rings. The van der Waals surface area contributed by atoms with Gasteiger partial charge < -0.3 is 10.2 Å². The molecule has 64 valence electrons. The quantitative estimate of drug-likeness (QED) is 0.609. The van der Waals surface area contributed by atoms with Crippen LogP contribution in [0.15, 0.2) is 0 Å². The molecule has 0 fully saturated rings. The second-order valence-corrected chi connectivity index (χ2v) is 2.68. The lowest BCUT2D eigenvalue weighted by molar-refractivity contribution is -0.149. The van der Waals surface area contributed by atoms with Crippen LogP contribution in [0.4, 0.5) is 0 Å². The number of hydrogen-bond acceptors (Lipinski definition) is 3. The lowest BCUT2D eigenvalue weighted by Gasteiger charge is -2.05. The predicted octanol–water partition coefficient (Wildman–Crippen LogP) is 0.0471. The van der Waals surface area contributed by atoms with Crippen LogP contribution in [0.5, 0.6) is 0 Å². The Labute approximate surface area is 64.8 Å². The number of rotatable bonds is 4. The molecule has 0 heterocycles. The molecule has 4 nitrogen and oxygen atoms in total. The lowest BCUT2D eigenvalue weighted by Crippen LogP contribution is -2.25. The van der Waals surface area contributed by atoms with Gasteiger partial charge in [-0.15, -0.1) is 0 Å². The van der Waals surface area contributed by atoms with Gasteiger partial charge >= 0.3 is 5.97 Å². The van der Waals surface area contributed by atoms with Gasteiger partial charge in [0.15, 0.2) is 6.10 Å². The molecule has 1 atom stereocenters. The largest absolute Gasteiger partial charge is 0.479 e. The Kier molecular flexibility index (Phi) is 3.74. The van der Waals surface area contributed by atoms with Gasteiger partial charge in [0.1, 0.15) is 5.78 Å². The minimum atomic E-state index is -1.55. The number of carboxylic acids is 1. The van der Waals surface area contributed by atoms with Crippen molar-refractivity contribution in [3.05, 3.63) is 0 Å². The standard InChI is InChI=1S/C7H12O4/c1-4(2)5(8)3-6(9)7(10)11/h4,6,9H,3H2,1-2H3,(H,10,11)/t6-/m1/s1. The van der Waals surface area contributed by atoms with Crippen molar-refractivity contribution in [1.29, 1.82) is 0 Å². The van der Waals surface area contributed by atoms with Crippen molar-refractivity contribution in [3.63, 3.8) is 0 Å². The van der Waals surface area contributed by atoms with E-state index in [9.17, 15) is 9.59 Å². The van der Waals surface area contributed by atoms with Gasteiger partial charge in [0.2, 0.25) is 0 Å². The summed E-state index contributed by atoms with van der Waals surface area (Å²) < 4.78 is 0. The Morgan fingerprint density at radius 3 is 2.09 bits per heavy atom. The van der Waals surface area contributed by atoms with E-state index in [0.29, 0.717) is 0 Å². The molecule has 0 aromatic heterocycles. The summed E-state index contributed by atoms with van der Waals surface area (Å²) in [6.07, 6.45) is -1.85. The van der Waals surface area contributed by atoms with Crippen molar-refractivity contribution in [1.82, 2.24) is 0 Å². The van der Waals surface area contributed by atoms with Crippen LogP contribution in [0.1, 0.15) is 20.3 Å². The molecule has 0 bridgehead atoms. The lowest BCUT2D eigenvalue weighted by atomic mass is 10.0. The zero-order valence-electron chi connectivity index (χ0n) is 6.57. The fourth-order valence-corrected chi connectivity index (χ4v) is 0.514. The van der Waals surface area contributed by atoms with Gasteiger partial charge in [0.25, 0.3) is 0 Å². The van der Waals surface area contributed by atoms with Crippen LogP contribution in [-0.2, 0) is 9.59 Å². The van der Waals surface area contributed by atoms with E-state index in [1.807, 2.05) is 0 Å². The second-order valence-electron chi connectivity index (χ2n) is 2.68. The molecule has 0 spiro atoms. The van der Waals surface area contributed by atoms with Gasteiger partial charge in [0, 0.05) is 12.3 Å². The summed E-state index contributed by atoms with van der Waals surface area (Å²) in [5.74, 6) is -1.80. The van der Waals surface area contributed by atoms with Crippen molar-refractivity contribution in [2.24, 2.45) is 5.92 Å². The third kappa shape index (κ3) is 3.72. The summed E-state index contributed by atoms with van der Waals surface area (Å²) in [6.45, 7) is 3.33. The zero-order valence-corrected chi connectivity index (χ0v) is 6.57. The molecular weight excluding hydrogens is 148 g/mol. The number of ketones is 1. The number of carboxylic acid groups (broad SMARTS) is 1. The van der Waals surface area contributed by atoms with Gasteiger partial charge in [-0.2, -0.15) is 0 Å². The molecule has 0 radical (unpaired) electrons. The predicted molar refractivity (Wildman–Crippen MR) is 38.1 cm³/mol. The first-order valence-corrected chi connectivity index (χ1v) is 3.38. The molecule has 0 saturated heterocycles. The van der Waals surface area contributed by atoms with Gasteiger partial charge in [0.05, 0.1) is 0 Å². The molecule has 0 unspecified atom stereocenters. The first-order chi connectivity index (χ1) is 4.95. The van der Waals surface area contributed by atoms with Crippen molar-refractivity contribution in [3.8, 4) is 0 Å². The smallest absolute Gasteiger partial charge is 0.332 e. The Morgan fingerprint density at radius 2 is 1.82 bits per heavy atom. The Morgan fingerprint density at radius 1 is 1.36 bits per heavy atom. The summed E-state index contributed by atoms with van der Waals surface area (Å²) >= 11 is 0. The average Bonchev–Trinajstić information content (AvgIpc) is 1.87. The molecule has 4 heteroatoms. The number of hydrogen-bond donors (Lipinski definition) is 2. The van der Waals surface area contributed by atoms with Crippen LogP contribution in [0.2, 0.25) is 0 Å². The van der Waals surface area contributed by atoms with Crippen LogP contribution in [0.3, 0.4) is 0 Å². The van der Waals surface area contributed by atoms with Crippen molar-refractivity contribution < 1.29 is 19.8 Å². The van der Waals surface area contributed by atoms with E-state index in [4.69, 9.17) is 10.2 Å². The minimum Gasteiger partial charge on any atom is -0.479 e. The summed E-state index contributed by atoms with van der Waals surface area (Å²) in [7, 11) is 0. The van der Waals surface area contributed by atoms with E-state index >= 15 is 0 Å². The molecule has 0 aliphatic carbocycles. The van der Waals surface area contributed by atoms with E-state index in [0.717, 1.165) is 0 Å². The monoisotopic (exact) mass is 160 g/mol. The average molecular weight is 160 g/mol. The number of carbonyl (C=O) groups excluding carboxylic acids is 1. The Hall–Kier alpha value is -0.900. The Bertz CT molecular complexity index is 162. The fraction of sp³-hybridized carbons (Fsp3) is 0.714. The van der Waals surface area contributed by atoms with Crippen molar-refractivity contribution in [2.75, 3.05) is 0 Å². The highest BCUT2D eigenvalue weighted by molar-refractivity contribution is 5.86. The van der Waals surface area contributed by atoms with E-state index in [1.54, 1.807) is 13.8 Å². The maximum atomic E-state index is 10.8. The number of aliphatic carboxylic acids is 1. The minimum absolute atomic E-state index is 0.219. The molecule has 0 amide bonds. The zero-order chi connectivity index (χ0) is 9.02. The van der Waals surface area contributed by atoms with Crippen molar-refractivity contribution >= 4 is 11.8 Å². The van der Waals surface area contributed by atoms with E-state index in [-0.39, 0.29) is 18.1 Å². The fourth-order valence-electron chi connectivity index (χ4n) is 0.514. The summed E-state index contributed by atoms with van der Waals surface area (Å²) in [4.78, 5) is 20.9. The first-order valence-electron chi connectivity index (χ1n) is 3.38. The van der Waals surface area contributed by atoms with Crippen LogP contribution >= 0.6 is 0 Å². The number of carbonyl (C=O) groups is 2. The van der Waals surface area contributed by atoms with E-state index in [1.165, 1.54) is 0 Å². The summed E-state index contributed by atoms with van der Waals surface area (Å²) in [5, 5.41) is 16.9.